The van der Waals surface area contributed by atoms with Gasteiger partial charge in [-0.05, 0) is 38.8 Å². The molecule has 3 rings (SSSR count). The molecule has 21 heavy (non-hydrogen) atoms. The maximum atomic E-state index is 12.2. The second-order valence-corrected chi connectivity index (χ2v) is 5.83. The molecule has 0 atom stereocenters. The number of fused-ring (bicyclic) bond motifs is 1. The standard InChI is InChI=1S/C16H20N2O3/c1-10(2)18-13-6-5-11(20-3)9-12(13)17-14(18)16(7-8-16)15(19)21-4/h5-6,9-10H,7-8H2,1-4H3. The van der Waals surface area contributed by atoms with Crippen molar-refractivity contribution in [3.8, 4) is 5.75 Å². The second kappa shape index (κ2) is 4.76. The summed E-state index contributed by atoms with van der Waals surface area (Å²) in [6.07, 6.45) is 1.60. The number of hydrogen-bond donors (Lipinski definition) is 0. The number of hydrogen-bond acceptors (Lipinski definition) is 4. The van der Waals surface area contributed by atoms with Crippen LogP contribution in [0.3, 0.4) is 0 Å². The molecular weight excluding hydrogens is 268 g/mol. The van der Waals surface area contributed by atoms with Crippen molar-refractivity contribution in [1.29, 1.82) is 0 Å². The molecule has 1 aliphatic rings. The van der Waals surface area contributed by atoms with E-state index in [9.17, 15) is 4.79 Å². The number of carbonyl (C=O) groups is 1. The molecule has 1 heterocycles. The highest BCUT2D eigenvalue weighted by atomic mass is 16.5. The van der Waals surface area contributed by atoms with Crippen molar-refractivity contribution in [2.75, 3.05) is 14.2 Å². The van der Waals surface area contributed by atoms with Crippen molar-refractivity contribution >= 4 is 17.0 Å². The minimum Gasteiger partial charge on any atom is -0.497 e. The van der Waals surface area contributed by atoms with Crippen molar-refractivity contribution in [1.82, 2.24) is 9.55 Å². The third kappa shape index (κ3) is 1.99. The van der Waals surface area contributed by atoms with Gasteiger partial charge in [-0.2, -0.15) is 0 Å². The largest absolute Gasteiger partial charge is 0.497 e. The third-order valence-electron chi connectivity index (χ3n) is 4.17. The lowest BCUT2D eigenvalue weighted by molar-refractivity contribution is -0.144. The molecule has 112 valence electrons. The summed E-state index contributed by atoms with van der Waals surface area (Å²) >= 11 is 0. The van der Waals surface area contributed by atoms with E-state index in [-0.39, 0.29) is 12.0 Å². The molecule has 1 aromatic carbocycles. The summed E-state index contributed by atoms with van der Waals surface area (Å²) in [5.41, 5.74) is 1.31. The zero-order valence-electron chi connectivity index (χ0n) is 12.8. The summed E-state index contributed by atoms with van der Waals surface area (Å²) in [4.78, 5) is 16.9. The van der Waals surface area contributed by atoms with Gasteiger partial charge in [0.05, 0.1) is 25.3 Å². The molecule has 0 aliphatic heterocycles. The van der Waals surface area contributed by atoms with E-state index >= 15 is 0 Å². The number of benzene rings is 1. The smallest absolute Gasteiger partial charge is 0.319 e. The lowest BCUT2D eigenvalue weighted by atomic mass is 10.1. The first kappa shape index (κ1) is 13.9. The average Bonchev–Trinajstić information content (AvgIpc) is 3.20. The molecule has 0 unspecified atom stereocenters. The Bertz CT molecular complexity index is 699. The molecule has 1 aliphatic carbocycles. The van der Waals surface area contributed by atoms with Crippen LogP contribution in [0.25, 0.3) is 11.0 Å². The van der Waals surface area contributed by atoms with Gasteiger partial charge in [-0.25, -0.2) is 4.98 Å². The van der Waals surface area contributed by atoms with E-state index in [1.807, 2.05) is 18.2 Å². The van der Waals surface area contributed by atoms with Crippen LogP contribution in [0.15, 0.2) is 18.2 Å². The topological polar surface area (TPSA) is 53.4 Å². The summed E-state index contributed by atoms with van der Waals surface area (Å²) < 4.78 is 12.4. The predicted octanol–water partition coefficient (Wildman–Crippen LogP) is 2.83. The monoisotopic (exact) mass is 288 g/mol. The highest BCUT2D eigenvalue weighted by Gasteiger charge is 2.56. The molecule has 5 nitrogen and oxygen atoms in total. The molecule has 5 heteroatoms. The van der Waals surface area contributed by atoms with Crippen LogP contribution in [0, 0.1) is 0 Å². The number of carbonyl (C=O) groups excluding carboxylic acids is 1. The number of rotatable bonds is 4. The van der Waals surface area contributed by atoms with Crippen LogP contribution in [0.1, 0.15) is 38.6 Å². The van der Waals surface area contributed by atoms with E-state index in [4.69, 9.17) is 14.5 Å². The number of nitrogens with zero attached hydrogens (tertiary/aromatic N) is 2. The van der Waals surface area contributed by atoms with Crippen molar-refractivity contribution in [2.45, 2.75) is 38.1 Å². The number of imidazole rings is 1. The summed E-state index contributed by atoms with van der Waals surface area (Å²) in [7, 11) is 3.08. The summed E-state index contributed by atoms with van der Waals surface area (Å²) in [6, 6.07) is 6.05. The Morgan fingerprint density at radius 3 is 2.57 bits per heavy atom. The van der Waals surface area contributed by atoms with Gasteiger partial charge in [0.2, 0.25) is 0 Å². The number of esters is 1. The highest BCUT2D eigenvalue weighted by molar-refractivity contribution is 5.88. The minimum absolute atomic E-state index is 0.188. The van der Waals surface area contributed by atoms with Crippen LogP contribution in [0.5, 0.6) is 5.75 Å². The van der Waals surface area contributed by atoms with E-state index in [0.29, 0.717) is 0 Å². The fourth-order valence-corrected chi connectivity index (χ4v) is 2.91. The Morgan fingerprint density at radius 1 is 1.33 bits per heavy atom. The molecule has 2 aromatic rings. The summed E-state index contributed by atoms with van der Waals surface area (Å²) in [5, 5.41) is 0. The summed E-state index contributed by atoms with van der Waals surface area (Å²) in [6.45, 7) is 4.20. The van der Waals surface area contributed by atoms with Gasteiger partial charge in [-0.1, -0.05) is 0 Å². The van der Waals surface area contributed by atoms with E-state index < -0.39 is 5.41 Å². The Hall–Kier alpha value is -2.04. The maximum Gasteiger partial charge on any atom is 0.319 e. The van der Waals surface area contributed by atoms with Crippen LogP contribution in [0.2, 0.25) is 0 Å². The number of methoxy groups -OCH3 is 2. The van der Waals surface area contributed by atoms with E-state index in [1.54, 1.807) is 7.11 Å². The Balaban J connectivity index is 2.22. The van der Waals surface area contributed by atoms with E-state index in [0.717, 1.165) is 35.4 Å². The first-order chi connectivity index (χ1) is 10.0. The molecular formula is C16H20N2O3. The zero-order chi connectivity index (χ0) is 15.2. The first-order valence-electron chi connectivity index (χ1n) is 7.18. The molecule has 0 spiro atoms. The average molecular weight is 288 g/mol. The SMILES string of the molecule is COC(=O)C1(c2nc3cc(OC)ccc3n2C(C)C)CC1. The van der Waals surface area contributed by atoms with Gasteiger partial charge in [0.25, 0.3) is 0 Å². The van der Waals surface area contributed by atoms with Gasteiger partial charge < -0.3 is 14.0 Å². The van der Waals surface area contributed by atoms with Crippen LogP contribution in [-0.2, 0) is 14.9 Å². The lowest BCUT2D eigenvalue weighted by Gasteiger charge is -2.18. The number of aromatic nitrogens is 2. The molecule has 1 aromatic heterocycles. The molecule has 1 fully saturated rings. The molecule has 0 bridgehead atoms. The van der Waals surface area contributed by atoms with Crippen LogP contribution in [-0.4, -0.2) is 29.7 Å². The molecule has 0 saturated heterocycles. The lowest BCUT2D eigenvalue weighted by Crippen LogP contribution is -2.26. The summed E-state index contributed by atoms with van der Waals surface area (Å²) in [5.74, 6) is 1.39. The number of ether oxygens (including phenoxy) is 2. The van der Waals surface area contributed by atoms with Gasteiger partial charge >= 0.3 is 5.97 Å². The van der Waals surface area contributed by atoms with Gasteiger partial charge in [0.1, 0.15) is 17.0 Å². The second-order valence-electron chi connectivity index (χ2n) is 5.83. The normalized spacial score (nSPS) is 16.2. The van der Waals surface area contributed by atoms with Crippen molar-refractivity contribution < 1.29 is 14.3 Å². The maximum absolute atomic E-state index is 12.2. The van der Waals surface area contributed by atoms with Gasteiger partial charge in [-0.15, -0.1) is 0 Å². The van der Waals surface area contributed by atoms with Gasteiger partial charge in [0, 0.05) is 12.1 Å². The minimum atomic E-state index is -0.564. The van der Waals surface area contributed by atoms with Crippen molar-refractivity contribution in [3.63, 3.8) is 0 Å². The first-order valence-corrected chi connectivity index (χ1v) is 7.18. The molecule has 1 saturated carbocycles. The Kier molecular flexibility index (Phi) is 3.15. The fraction of sp³-hybridized carbons (Fsp3) is 0.500. The quantitative estimate of drug-likeness (QED) is 0.812. The molecule has 0 amide bonds. The van der Waals surface area contributed by atoms with Crippen LogP contribution < -0.4 is 4.74 Å². The third-order valence-corrected chi connectivity index (χ3v) is 4.17. The zero-order valence-corrected chi connectivity index (χ0v) is 12.8. The Morgan fingerprint density at radius 2 is 2.05 bits per heavy atom. The Labute approximate surface area is 123 Å². The van der Waals surface area contributed by atoms with Crippen LogP contribution in [0.4, 0.5) is 0 Å². The fourth-order valence-electron chi connectivity index (χ4n) is 2.91. The van der Waals surface area contributed by atoms with Crippen LogP contribution >= 0.6 is 0 Å². The molecule has 0 radical (unpaired) electrons. The highest BCUT2D eigenvalue weighted by Crippen LogP contribution is 2.50. The van der Waals surface area contributed by atoms with E-state index in [1.165, 1.54) is 7.11 Å². The predicted molar refractivity (Wildman–Crippen MR) is 79.6 cm³/mol. The van der Waals surface area contributed by atoms with E-state index in [2.05, 4.69) is 18.4 Å². The van der Waals surface area contributed by atoms with Gasteiger partial charge in [-0.3, -0.25) is 4.79 Å². The van der Waals surface area contributed by atoms with Gasteiger partial charge in [0.15, 0.2) is 0 Å². The van der Waals surface area contributed by atoms with Crippen molar-refractivity contribution in [3.05, 3.63) is 24.0 Å². The molecule has 0 N–H and O–H groups in total. The van der Waals surface area contributed by atoms with Crippen molar-refractivity contribution in [2.24, 2.45) is 0 Å².